The Kier molecular flexibility index (Phi) is 11.8. The van der Waals surface area contributed by atoms with Crippen LogP contribution in [0.5, 0.6) is 0 Å². The zero-order chi connectivity index (χ0) is 14.6. The van der Waals surface area contributed by atoms with E-state index in [0.717, 1.165) is 44.7 Å². The largest absolute Gasteiger partial charge is 0.500 e. The second kappa shape index (κ2) is 11.8. The molecule has 0 amide bonds. The first-order valence-corrected chi connectivity index (χ1v) is 9.21. The van der Waals surface area contributed by atoms with Crippen molar-refractivity contribution in [2.45, 2.75) is 51.1 Å². The highest BCUT2D eigenvalue weighted by atomic mass is 28.4. The molecule has 3 N–H and O–H groups in total. The van der Waals surface area contributed by atoms with Crippen LogP contribution in [-0.4, -0.2) is 49.3 Å². The maximum absolute atomic E-state index is 5.98. The minimum atomic E-state index is -2.45. The zero-order valence-electron chi connectivity index (χ0n) is 13.0. The number of nitrogens with one attached hydrogen (secondary N) is 1. The summed E-state index contributed by atoms with van der Waals surface area (Å²) < 4.78 is 17.0. The number of hydrogen-bond acceptors (Lipinski definition) is 5. The lowest BCUT2D eigenvalue weighted by atomic mass is 10.1. The van der Waals surface area contributed by atoms with Crippen molar-refractivity contribution in [1.82, 2.24) is 5.32 Å². The van der Waals surface area contributed by atoms with Gasteiger partial charge in [0.2, 0.25) is 0 Å². The summed E-state index contributed by atoms with van der Waals surface area (Å²) in [4.78, 5) is 0. The van der Waals surface area contributed by atoms with Crippen molar-refractivity contribution in [1.29, 1.82) is 0 Å². The van der Waals surface area contributed by atoms with Gasteiger partial charge < -0.3 is 24.3 Å². The van der Waals surface area contributed by atoms with Crippen LogP contribution in [0.2, 0.25) is 6.04 Å². The minimum absolute atomic E-state index is 0.291. The molecule has 0 heterocycles. The van der Waals surface area contributed by atoms with Crippen molar-refractivity contribution in [2.75, 3.05) is 34.4 Å². The Labute approximate surface area is 119 Å². The van der Waals surface area contributed by atoms with Gasteiger partial charge in [-0.2, -0.15) is 0 Å². The van der Waals surface area contributed by atoms with Gasteiger partial charge in [0, 0.05) is 32.9 Å². The third-order valence-electron chi connectivity index (χ3n) is 3.23. The van der Waals surface area contributed by atoms with E-state index in [0.29, 0.717) is 12.6 Å². The molecule has 0 aromatic heterocycles. The van der Waals surface area contributed by atoms with E-state index in [4.69, 9.17) is 19.0 Å². The molecule has 0 fully saturated rings. The Hall–Kier alpha value is 0.0169. The minimum Gasteiger partial charge on any atom is -0.377 e. The van der Waals surface area contributed by atoms with E-state index in [1.807, 2.05) is 7.05 Å². The first-order chi connectivity index (χ1) is 9.14. The summed E-state index contributed by atoms with van der Waals surface area (Å²) in [5.74, 6) is 0. The predicted octanol–water partition coefficient (Wildman–Crippen LogP) is 1.75. The molecule has 19 heavy (non-hydrogen) atoms. The van der Waals surface area contributed by atoms with Crippen LogP contribution in [-0.2, 0) is 13.3 Å². The van der Waals surface area contributed by atoms with E-state index in [-0.39, 0.29) is 0 Å². The molecule has 5 nitrogen and oxygen atoms in total. The number of rotatable bonds is 13. The van der Waals surface area contributed by atoms with E-state index in [9.17, 15) is 0 Å². The van der Waals surface area contributed by atoms with Crippen molar-refractivity contribution in [3.63, 3.8) is 0 Å². The van der Waals surface area contributed by atoms with Crippen LogP contribution < -0.4 is 11.1 Å². The Balaban J connectivity index is 3.92. The molecule has 0 aromatic carbocycles. The Morgan fingerprint density at radius 3 is 2.37 bits per heavy atom. The van der Waals surface area contributed by atoms with Crippen LogP contribution >= 0.6 is 0 Å². The molecule has 1 unspecified atom stereocenters. The van der Waals surface area contributed by atoms with Crippen molar-refractivity contribution >= 4 is 8.80 Å². The number of nitrogens with two attached hydrogens (primary N) is 1. The van der Waals surface area contributed by atoms with E-state index in [1.165, 1.54) is 0 Å². The van der Waals surface area contributed by atoms with Gasteiger partial charge in [-0.05, 0) is 39.3 Å². The highest BCUT2D eigenvalue weighted by Gasteiger charge is 2.38. The smallest absolute Gasteiger partial charge is 0.377 e. The molecule has 0 spiro atoms. The highest BCUT2D eigenvalue weighted by molar-refractivity contribution is 6.60. The van der Waals surface area contributed by atoms with Crippen LogP contribution in [0.25, 0.3) is 0 Å². The molecule has 0 aliphatic carbocycles. The number of hydrogen-bond donors (Lipinski definition) is 2. The van der Waals surface area contributed by atoms with Crippen molar-refractivity contribution < 1.29 is 13.3 Å². The second-order valence-electron chi connectivity index (χ2n) is 4.84. The lowest BCUT2D eigenvalue weighted by Gasteiger charge is -2.26. The van der Waals surface area contributed by atoms with E-state index in [2.05, 4.69) is 12.2 Å². The third kappa shape index (κ3) is 8.72. The highest BCUT2D eigenvalue weighted by Crippen LogP contribution is 2.16. The van der Waals surface area contributed by atoms with E-state index < -0.39 is 8.80 Å². The summed E-state index contributed by atoms with van der Waals surface area (Å²) in [6.07, 6.45) is 5.19. The molecule has 0 aliphatic heterocycles. The third-order valence-corrected chi connectivity index (χ3v) is 6.09. The molecule has 6 heteroatoms. The Morgan fingerprint density at radius 1 is 1.16 bits per heavy atom. The van der Waals surface area contributed by atoms with Crippen LogP contribution in [0.1, 0.15) is 39.0 Å². The zero-order valence-corrected chi connectivity index (χ0v) is 14.0. The summed E-state index contributed by atoms with van der Waals surface area (Å²) in [7, 11) is 2.85. The molecule has 0 saturated heterocycles. The Bertz CT molecular complexity index is 204. The topological polar surface area (TPSA) is 65.7 Å². The first-order valence-electron chi connectivity index (χ1n) is 7.28. The monoisotopic (exact) mass is 292 g/mol. The van der Waals surface area contributed by atoms with Gasteiger partial charge in [-0.15, -0.1) is 0 Å². The summed E-state index contributed by atoms with van der Waals surface area (Å²) in [5, 5.41) is 3.12. The average Bonchev–Trinajstić information content (AvgIpc) is 2.42. The van der Waals surface area contributed by atoms with Crippen molar-refractivity contribution in [3.8, 4) is 0 Å². The second-order valence-corrected chi connectivity index (χ2v) is 7.81. The fourth-order valence-corrected chi connectivity index (χ4v) is 4.07. The molecular formula is C13H32N2O3Si. The SMILES string of the molecule is CCCC(N)CCCO[Si](CCCNC)(OC)OC. The van der Waals surface area contributed by atoms with Crippen molar-refractivity contribution in [2.24, 2.45) is 5.73 Å². The molecular weight excluding hydrogens is 260 g/mol. The first kappa shape index (κ1) is 19.0. The van der Waals surface area contributed by atoms with Crippen LogP contribution in [0.15, 0.2) is 0 Å². The van der Waals surface area contributed by atoms with Gasteiger partial charge in [0.1, 0.15) is 0 Å². The van der Waals surface area contributed by atoms with Gasteiger partial charge in [-0.1, -0.05) is 13.3 Å². The summed E-state index contributed by atoms with van der Waals surface area (Å²) in [6, 6.07) is 1.14. The summed E-state index contributed by atoms with van der Waals surface area (Å²) in [5.41, 5.74) is 5.98. The lowest BCUT2D eigenvalue weighted by molar-refractivity contribution is 0.0953. The van der Waals surface area contributed by atoms with E-state index >= 15 is 0 Å². The molecule has 0 saturated carbocycles. The molecule has 0 rings (SSSR count). The van der Waals surface area contributed by atoms with Crippen LogP contribution in [0.3, 0.4) is 0 Å². The quantitative estimate of drug-likeness (QED) is 0.400. The molecule has 116 valence electrons. The maximum atomic E-state index is 5.98. The standard InChI is InChI=1S/C13H32N2O3Si/c1-5-8-13(14)9-6-11-18-19(16-3,17-4)12-7-10-15-2/h13,15H,5-12,14H2,1-4H3. The molecule has 0 radical (unpaired) electrons. The van der Waals surface area contributed by atoms with Gasteiger partial charge in [0.15, 0.2) is 0 Å². The fourth-order valence-electron chi connectivity index (χ4n) is 2.05. The van der Waals surface area contributed by atoms with Gasteiger partial charge in [0.05, 0.1) is 0 Å². The van der Waals surface area contributed by atoms with Gasteiger partial charge in [-0.3, -0.25) is 0 Å². The normalized spacial score (nSPS) is 13.7. The molecule has 0 aromatic rings. The van der Waals surface area contributed by atoms with Gasteiger partial charge in [-0.25, -0.2) is 0 Å². The predicted molar refractivity (Wildman–Crippen MR) is 81.2 cm³/mol. The van der Waals surface area contributed by atoms with Gasteiger partial charge >= 0.3 is 8.80 Å². The molecule has 0 bridgehead atoms. The summed E-state index contributed by atoms with van der Waals surface area (Å²) in [6.45, 7) is 3.78. The summed E-state index contributed by atoms with van der Waals surface area (Å²) >= 11 is 0. The van der Waals surface area contributed by atoms with Gasteiger partial charge in [0.25, 0.3) is 0 Å². The maximum Gasteiger partial charge on any atom is 0.500 e. The van der Waals surface area contributed by atoms with E-state index in [1.54, 1.807) is 14.2 Å². The van der Waals surface area contributed by atoms with Crippen molar-refractivity contribution in [3.05, 3.63) is 0 Å². The Morgan fingerprint density at radius 2 is 1.84 bits per heavy atom. The lowest BCUT2D eigenvalue weighted by Crippen LogP contribution is -2.44. The average molecular weight is 292 g/mol. The molecule has 1 atom stereocenters. The van der Waals surface area contributed by atoms with Crippen LogP contribution in [0, 0.1) is 0 Å². The molecule has 0 aliphatic rings. The fraction of sp³-hybridized carbons (Fsp3) is 1.00. The van der Waals surface area contributed by atoms with Crippen LogP contribution in [0.4, 0.5) is 0 Å².